The van der Waals surface area contributed by atoms with Crippen molar-refractivity contribution >= 4 is 16.7 Å². The Labute approximate surface area is 119 Å². The summed E-state index contributed by atoms with van der Waals surface area (Å²) in [6.45, 7) is 0.593. The van der Waals surface area contributed by atoms with E-state index in [-0.39, 0.29) is 17.9 Å². The SMILES string of the molecule is NC1CCC(C(=O)NCc2ccc3ccccc3c2)C1. The van der Waals surface area contributed by atoms with Crippen molar-refractivity contribution in [2.75, 3.05) is 0 Å². The van der Waals surface area contributed by atoms with Gasteiger partial charge in [0.2, 0.25) is 5.91 Å². The highest BCUT2D eigenvalue weighted by molar-refractivity contribution is 5.83. The highest BCUT2D eigenvalue weighted by Gasteiger charge is 2.27. The maximum absolute atomic E-state index is 12.1. The number of nitrogens with one attached hydrogen (secondary N) is 1. The van der Waals surface area contributed by atoms with Crippen molar-refractivity contribution in [2.24, 2.45) is 11.7 Å². The fourth-order valence-electron chi connectivity index (χ4n) is 2.94. The van der Waals surface area contributed by atoms with E-state index in [0.29, 0.717) is 6.54 Å². The Morgan fingerprint density at radius 2 is 1.95 bits per heavy atom. The molecular formula is C17H20N2O. The standard InChI is InChI=1S/C17H20N2O/c18-16-8-7-15(10-16)17(20)19-11-12-5-6-13-3-1-2-4-14(13)9-12/h1-6,9,15-16H,7-8,10-11,18H2,(H,19,20). The molecule has 0 aliphatic heterocycles. The number of carbonyl (C=O) groups is 1. The van der Waals surface area contributed by atoms with Crippen LogP contribution < -0.4 is 11.1 Å². The maximum Gasteiger partial charge on any atom is 0.223 e. The van der Waals surface area contributed by atoms with Gasteiger partial charge in [-0.1, -0.05) is 36.4 Å². The Bertz CT molecular complexity index is 623. The van der Waals surface area contributed by atoms with Gasteiger partial charge in [-0.15, -0.1) is 0 Å². The maximum atomic E-state index is 12.1. The smallest absolute Gasteiger partial charge is 0.223 e. The number of hydrogen-bond donors (Lipinski definition) is 2. The molecule has 2 unspecified atom stereocenters. The first kappa shape index (κ1) is 13.1. The highest BCUT2D eigenvalue weighted by atomic mass is 16.1. The molecule has 3 heteroatoms. The minimum atomic E-state index is 0.102. The van der Waals surface area contributed by atoms with Crippen LogP contribution in [0.5, 0.6) is 0 Å². The average Bonchev–Trinajstić information content (AvgIpc) is 2.91. The molecule has 1 aliphatic carbocycles. The van der Waals surface area contributed by atoms with E-state index in [2.05, 4.69) is 35.6 Å². The van der Waals surface area contributed by atoms with Crippen molar-refractivity contribution in [3.8, 4) is 0 Å². The summed E-state index contributed by atoms with van der Waals surface area (Å²) >= 11 is 0. The molecule has 20 heavy (non-hydrogen) atoms. The van der Waals surface area contributed by atoms with Crippen LogP contribution in [0.15, 0.2) is 42.5 Å². The molecule has 2 atom stereocenters. The summed E-state index contributed by atoms with van der Waals surface area (Å²) in [6.07, 6.45) is 2.71. The van der Waals surface area contributed by atoms with Crippen LogP contribution >= 0.6 is 0 Å². The van der Waals surface area contributed by atoms with Crippen molar-refractivity contribution in [2.45, 2.75) is 31.8 Å². The molecule has 1 aliphatic rings. The van der Waals surface area contributed by atoms with Crippen LogP contribution in [-0.2, 0) is 11.3 Å². The van der Waals surface area contributed by atoms with E-state index >= 15 is 0 Å². The molecule has 0 bridgehead atoms. The lowest BCUT2D eigenvalue weighted by atomic mass is 10.1. The molecule has 3 rings (SSSR count). The Kier molecular flexibility index (Phi) is 3.70. The molecule has 0 spiro atoms. The summed E-state index contributed by atoms with van der Waals surface area (Å²) in [4.78, 5) is 12.1. The molecule has 1 amide bonds. The minimum absolute atomic E-state index is 0.102. The van der Waals surface area contributed by atoms with Gasteiger partial charge in [0.25, 0.3) is 0 Å². The van der Waals surface area contributed by atoms with Crippen LogP contribution in [0.25, 0.3) is 10.8 Å². The van der Waals surface area contributed by atoms with Gasteiger partial charge >= 0.3 is 0 Å². The van der Waals surface area contributed by atoms with Gasteiger partial charge < -0.3 is 11.1 Å². The Morgan fingerprint density at radius 3 is 2.70 bits per heavy atom. The molecule has 104 valence electrons. The second kappa shape index (κ2) is 5.63. The molecule has 2 aromatic rings. The van der Waals surface area contributed by atoms with E-state index in [4.69, 9.17) is 5.73 Å². The molecule has 0 radical (unpaired) electrons. The molecule has 2 aromatic carbocycles. The number of rotatable bonds is 3. The van der Waals surface area contributed by atoms with Crippen molar-refractivity contribution in [3.05, 3.63) is 48.0 Å². The van der Waals surface area contributed by atoms with Crippen LogP contribution in [0, 0.1) is 5.92 Å². The molecule has 3 nitrogen and oxygen atoms in total. The summed E-state index contributed by atoms with van der Waals surface area (Å²) in [7, 11) is 0. The number of fused-ring (bicyclic) bond motifs is 1. The Morgan fingerprint density at radius 1 is 1.15 bits per heavy atom. The fraction of sp³-hybridized carbons (Fsp3) is 0.353. The normalized spacial score (nSPS) is 22.1. The summed E-state index contributed by atoms with van der Waals surface area (Å²) < 4.78 is 0. The summed E-state index contributed by atoms with van der Waals surface area (Å²) in [5, 5.41) is 5.47. The third-order valence-corrected chi connectivity index (χ3v) is 4.12. The van der Waals surface area contributed by atoms with Gasteiger partial charge in [-0.05, 0) is 41.7 Å². The van der Waals surface area contributed by atoms with Gasteiger partial charge in [-0.3, -0.25) is 4.79 Å². The zero-order valence-electron chi connectivity index (χ0n) is 11.5. The molecule has 0 heterocycles. The second-order valence-electron chi connectivity index (χ2n) is 5.67. The van der Waals surface area contributed by atoms with Crippen LogP contribution in [0.4, 0.5) is 0 Å². The predicted octanol–water partition coefficient (Wildman–Crippen LogP) is 2.58. The first-order valence-electron chi connectivity index (χ1n) is 7.23. The molecule has 1 saturated carbocycles. The lowest BCUT2D eigenvalue weighted by Gasteiger charge is -2.11. The van der Waals surface area contributed by atoms with Crippen molar-refractivity contribution in [1.82, 2.24) is 5.32 Å². The Balaban J connectivity index is 1.63. The van der Waals surface area contributed by atoms with E-state index in [1.807, 2.05) is 12.1 Å². The first-order valence-corrected chi connectivity index (χ1v) is 7.23. The number of carbonyl (C=O) groups excluding carboxylic acids is 1. The van der Waals surface area contributed by atoms with Gasteiger partial charge in [-0.25, -0.2) is 0 Å². The molecule has 0 saturated heterocycles. The number of amides is 1. The van der Waals surface area contributed by atoms with Crippen molar-refractivity contribution < 1.29 is 4.79 Å². The predicted molar refractivity (Wildman–Crippen MR) is 81.1 cm³/mol. The topological polar surface area (TPSA) is 55.1 Å². The van der Waals surface area contributed by atoms with Crippen LogP contribution in [0.3, 0.4) is 0 Å². The third kappa shape index (κ3) is 2.83. The zero-order chi connectivity index (χ0) is 13.9. The van der Waals surface area contributed by atoms with Crippen LogP contribution in [0.1, 0.15) is 24.8 Å². The first-order chi connectivity index (χ1) is 9.72. The van der Waals surface area contributed by atoms with Crippen molar-refractivity contribution in [3.63, 3.8) is 0 Å². The van der Waals surface area contributed by atoms with Crippen LogP contribution in [-0.4, -0.2) is 11.9 Å². The minimum Gasteiger partial charge on any atom is -0.352 e. The lowest BCUT2D eigenvalue weighted by Crippen LogP contribution is -2.29. The summed E-state index contributed by atoms with van der Waals surface area (Å²) in [5.74, 6) is 0.247. The molecular weight excluding hydrogens is 248 g/mol. The van der Waals surface area contributed by atoms with Gasteiger partial charge in [0.1, 0.15) is 0 Å². The zero-order valence-corrected chi connectivity index (χ0v) is 11.5. The van der Waals surface area contributed by atoms with Gasteiger partial charge in [0, 0.05) is 18.5 Å². The van der Waals surface area contributed by atoms with Crippen LogP contribution in [0.2, 0.25) is 0 Å². The second-order valence-corrected chi connectivity index (χ2v) is 5.67. The molecule has 1 fully saturated rings. The largest absolute Gasteiger partial charge is 0.352 e. The summed E-state index contributed by atoms with van der Waals surface area (Å²) in [6, 6.07) is 14.8. The lowest BCUT2D eigenvalue weighted by molar-refractivity contribution is -0.125. The Hall–Kier alpha value is -1.87. The van der Waals surface area contributed by atoms with Gasteiger partial charge in [0.05, 0.1) is 0 Å². The molecule has 0 aromatic heterocycles. The fourth-order valence-corrected chi connectivity index (χ4v) is 2.94. The monoisotopic (exact) mass is 268 g/mol. The van der Waals surface area contributed by atoms with E-state index in [9.17, 15) is 4.79 Å². The molecule has 3 N–H and O–H groups in total. The number of hydrogen-bond acceptors (Lipinski definition) is 2. The third-order valence-electron chi connectivity index (χ3n) is 4.12. The van der Waals surface area contributed by atoms with Gasteiger partial charge in [0.15, 0.2) is 0 Å². The van der Waals surface area contributed by atoms with E-state index < -0.39 is 0 Å². The van der Waals surface area contributed by atoms with E-state index in [0.717, 1.165) is 24.8 Å². The van der Waals surface area contributed by atoms with E-state index in [1.54, 1.807) is 0 Å². The number of benzene rings is 2. The summed E-state index contributed by atoms with van der Waals surface area (Å²) in [5.41, 5.74) is 6.99. The quantitative estimate of drug-likeness (QED) is 0.899. The van der Waals surface area contributed by atoms with E-state index in [1.165, 1.54) is 10.8 Å². The average molecular weight is 268 g/mol. The number of nitrogens with two attached hydrogens (primary N) is 1. The van der Waals surface area contributed by atoms with Gasteiger partial charge in [-0.2, -0.15) is 0 Å². The highest BCUT2D eigenvalue weighted by Crippen LogP contribution is 2.24. The van der Waals surface area contributed by atoms with Crippen molar-refractivity contribution in [1.29, 1.82) is 0 Å².